The average Bonchev–Trinajstić information content (AvgIpc) is 2.57. The maximum absolute atomic E-state index is 12.3. The van der Waals surface area contributed by atoms with Crippen molar-refractivity contribution in [2.45, 2.75) is 15.5 Å². The smallest absolute Gasteiger partial charge is 0.288 e. The van der Waals surface area contributed by atoms with Crippen molar-refractivity contribution in [2.75, 3.05) is 11.6 Å². The Morgan fingerprint density at radius 2 is 1.71 bits per heavy atom. The van der Waals surface area contributed by atoms with Crippen molar-refractivity contribution < 1.29 is 8.78 Å². The fourth-order valence-electron chi connectivity index (χ4n) is 1.73. The summed E-state index contributed by atoms with van der Waals surface area (Å²) in [4.78, 5) is 1.69. The summed E-state index contributed by atoms with van der Waals surface area (Å²) < 4.78 is 24.5. The third kappa shape index (κ3) is 6.46. The number of hydrogen-bond acceptors (Lipinski definition) is 4. The number of halogens is 2. The summed E-state index contributed by atoms with van der Waals surface area (Å²) in [5, 5.41) is 7.32. The molecule has 3 nitrogen and oxygen atoms in total. The largest absolute Gasteiger partial charge is 0.331 e. The molecule has 0 aliphatic carbocycles. The molecule has 0 unspecified atom stereocenters. The molecule has 2 rings (SSSR count). The first kappa shape index (κ1) is 18.7. The van der Waals surface area contributed by atoms with Gasteiger partial charge in [0.05, 0.1) is 6.21 Å². The molecule has 24 heavy (non-hydrogen) atoms. The molecule has 0 bridgehead atoms. The standard InChI is InChI=1S/C16H15F2N3S3/c1-23-13-6-2-11(3-7-13)10-19-21-16(22)20-12-4-8-14(9-5-12)24-15(17)18/h2-10,15H,1H3,(H2,20,21,22)/b19-10-. The number of alkyl halides is 2. The van der Waals surface area contributed by atoms with Crippen molar-refractivity contribution in [1.82, 2.24) is 5.43 Å². The predicted octanol–water partition coefficient (Wildman–Crippen LogP) is 5.04. The number of benzene rings is 2. The molecule has 0 atom stereocenters. The Morgan fingerprint density at radius 3 is 2.29 bits per heavy atom. The van der Waals surface area contributed by atoms with Crippen LogP contribution < -0.4 is 10.7 Å². The molecule has 2 aromatic rings. The Kier molecular flexibility index (Phi) is 7.48. The van der Waals surface area contributed by atoms with Gasteiger partial charge in [0.2, 0.25) is 0 Å². The van der Waals surface area contributed by atoms with Gasteiger partial charge in [0, 0.05) is 15.5 Å². The molecule has 0 spiro atoms. The van der Waals surface area contributed by atoms with Crippen LogP contribution in [-0.4, -0.2) is 23.3 Å². The number of hydrazone groups is 1. The van der Waals surface area contributed by atoms with Crippen molar-refractivity contribution in [3.63, 3.8) is 0 Å². The second kappa shape index (κ2) is 9.61. The molecule has 0 aliphatic rings. The highest BCUT2D eigenvalue weighted by atomic mass is 32.2. The van der Waals surface area contributed by atoms with E-state index in [0.29, 0.717) is 27.5 Å². The van der Waals surface area contributed by atoms with E-state index in [9.17, 15) is 8.78 Å². The molecule has 2 aromatic carbocycles. The van der Waals surface area contributed by atoms with Crippen molar-refractivity contribution in [1.29, 1.82) is 0 Å². The van der Waals surface area contributed by atoms with Gasteiger partial charge in [-0.3, -0.25) is 5.43 Å². The number of rotatable bonds is 6. The first-order chi connectivity index (χ1) is 11.6. The summed E-state index contributed by atoms with van der Waals surface area (Å²) in [6, 6.07) is 14.5. The van der Waals surface area contributed by atoms with Gasteiger partial charge < -0.3 is 5.32 Å². The second-order valence-electron chi connectivity index (χ2n) is 4.50. The van der Waals surface area contributed by atoms with Crippen LogP contribution in [0.15, 0.2) is 63.4 Å². The van der Waals surface area contributed by atoms with Crippen LogP contribution in [0.5, 0.6) is 0 Å². The molecule has 0 saturated carbocycles. The van der Waals surface area contributed by atoms with E-state index in [-0.39, 0.29) is 0 Å². The minimum atomic E-state index is -2.43. The lowest BCUT2D eigenvalue weighted by Crippen LogP contribution is -2.23. The Hall–Kier alpha value is -1.64. The minimum Gasteiger partial charge on any atom is -0.331 e. The first-order valence-electron chi connectivity index (χ1n) is 6.86. The molecule has 0 aromatic heterocycles. The van der Waals surface area contributed by atoms with E-state index in [4.69, 9.17) is 12.2 Å². The van der Waals surface area contributed by atoms with Crippen molar-refractivity contribution >= 4 is 52.8 Å². The fourth-order valence-corrected chi connectivity index (χ4v) is 2.81. The lowest BCUT2D eigenvalue weighted by molar-refractivity contribution is 0.252. The highest BCUT2D eigenvalue weighted by molar-refractivity contribution is 7.99. The molecule has 0 fully saturated rings. The van der Waals surface area contributed by atoms with Gasteiger partial charge in [-0.05, 0) is 60.4 Å². The average molecular weight is 384 g/mol. The topological polar surface area (TPSA) is 36.4 Å². The van der Waals surface area contributed by atoms with E-state index < -0.39 is 5.76 Å². The van der Waals surface area contributed by atoms with E-state index in [0.717, 1.165) is 5.56 Å². The number of hydrogen-bond donors (Lipinski definition) is 2. The normalized spacial score (nSPS) is 11.0. The summed E-state index contributed by atoms with van der Waals surface area (Å²) in [5.74, 6) is -2.43. The lowest BCUT2D eigenvalue weighted by atomic mass is 10.2. The van der Waals surface area contributed by atoms with E-state index in [1.807, 2.05) is 30.5 Å². The summed E-state index contributed by atoms with van der Waals surface area (Å²) >= 11 is 7.31. The predicted molar refractivity (Wildman–Crippen MR) is 103 cm³/mol. The van der Waals surface area contributed by atoms with Gasteiger partial charge in [-0.1, -0.05) is 23.9 Å². The van der Waals surface area contributed by atoms with Crippen LogP contribution in [0.25, 0.3) is 0 Å². The van der Waals surface area contributed by atoms with E-state index >= 15 is 0 Å². The van der Waals surface area contributed by atoms with Crippen LogP contribution in [0.1, 0.15) is 5.56 Å². The minimum absolute atomic E-state index is 0.321. The van der Waals surface area contributed by atoms with Gasteiger partial charge in [0.25, 0.3) is 5.76 Å². The van der Waals surface area contributed by atoms with Gasteiger partial charge in [0.15, 0.2) is 5.11 Å². The monoisotopic (exact) mass is 383 g/mol. The Balaban J connectivity index is 1.82. The maximum atomic E-state index is 12.3. The van der Waals surface area contributed by atoms with E-state index in [1.54, 1.807) is 42.2 Å². The third-order valence-corrected chi connectivity index (χ3v) is 4.49. The van der Waals surface area contributed by atoms with Crippen molar-refractivity contribution in [2.24, 2.45) is 5.10 Å². The summed E-state index contributed by atoms with van der Waals surface area (Å²) in [6.45, 7) is 0. The zero-order chi connectivity index (χ0) is 17.4. The molecule has 126 valence electrons. The summed E-state index contributed by atoms with van der Waals surface area (Å²) in [7, 11) is 0. The molecule has 0 amide bonds. The second-order valence-corrected chi connectivity index (χ2v) is 6.85. The van der Waals surface area contributed by atoms with Gasteiger partial charge in [-0.25, -0.2) is 0 Å². The number of anilines is 1. The van der Waals surface area contributed by atoms with Crippen LogP contribution in [0.4, 0.5) is 14.5 Å². The molecule has 2 N–H and O–H groups in total. The van der Waals surface area contributed by atoms with Gasteiger partial charge in [-0.2, -0.15) is 13.9 Å². The van der Waals surface area contributed by atoms with E-state index in [1.165, 1.54) is 4.90 Å². The molecular formula is C16H15F2N3S3. The molecule has 8 heteroatoms. The summed E-state index contributed by atoms with van der Waals surface area (Å²) in [6.07, 6.45) is 3.69. The Morgan fingerprint density at radius 1 is 1.08 bits per heavy atom. The number of nitrogens with zero attached hydrogens (tertiary/aromatic N) is 1. The highest BCUT2D eigenvalue weighted by Gasteiger charge is 2.05. The zero-order valence-corrected chi connectivity index (χ0v) is 15.2. The molecular weight excluding hydrogens is 368 g/mol. The maximum Gasteiger partial charge on any atom is 0.288 e. The van der Waals surface area contributed by atoms with Crippen molar-refractivity contribution in [3.8, 4) is 0 Å². The molecule has 0 radical (unpaired) electrons. The quantitative estimate of drug-likeness (QED) is 0.316. The van der Waals surface area contributed by atoms with Gasteiger partial charge >= 0.3 is 0 Å². The van der Waals surface area contributed by atoms with Crippen LogP contribution in [-0.2, 0) is 0 Å². The van der Waals surface area contributed by atoms with Crippen LogP contribution >= 0.6 is 35.7 Å². The Labute approximate surface area is 153 Å². The number of nitrogens with one attached hydrogen (secondary N) is 2. The SMILES string of the molecule is CSc1ccc(/C=N\NC(=S)Nc2ccc(SC(F)F)cc2)cc1. The number of thiocarbonyl (C=S) groups is 1. The van der Waals surface area contributed by atoms with Gasteiger partial charge in [-0.15, -0.1) is 11.8 Å². The van der Waals surface area contributed by atoms with Crippen LogP contribution in [0, 0.1) is 0 Å². The van der Waals surface area contributed by atoms with Gasteiger partial charge in [0.1, 0.15) is 0 Å². The molecule has 0 heterocycles. The third-order valence-electron chi connectivity index (χ3n) is 2.83. The highest BCUT2D eigenvalue weighted by Crippen LogP contribution is 2.26. The van der Waals surface area contributed by atoms with Crippen LogP contribution in [0.3, 0.4) is 0 Å². The van der Waals surface area contributed by atoms with E-state index in [2.05, 4.69) is 15.8 Å². The number of thioether (sulfide) groups is 2. The zero-order valence-electron chi connectivity index (χ0n) is 12.7. The molecule has 0 saturated heterocycles. The lowest BCUT2D eigenvalue weighted by Gasteiger charge is -2.07. The Bertz CT molecular complexity index is 689. The molecule has 0 aliphatic heterocycles. The summed E-state index contributed by atoms with van der Waals surface area (Å²) in [5.41, 5.74) is 4.37. The first-order valence-corrected chi connectivity index (χ1v) is 9.37. The fraction of sp³-hybridized carbons (Fsp3) is 0.125. The van der Waals surface area contributed by atoms with Crippen molar-refractivity contribution in [3.05, 3.63) is 54.1 Å². The van der Waals surface area contributed by atoms with Crippen LogP contribution in [0.2, 0.25) is 0 Å².